The Kier molecular flexibility index (Phi) is 7.37. The Hall–Kier alpha value is -1.71. The third kappa shape index (κ3) is 6.44. The molecule has 0 bridgehead atoms. The Morgan fingerprint density at radius 1 is 1.00 bits per heavy atom. The lowest BCUT2D eigenvalue weighted by Crippen LogP contribution is -2.65. The van der Waals surface area contributed by atoms with E-state index in [1.54, 1.807) is 41.5 Å². The van der Waals surface area contributed by atoms with Crippen LogP contribution in [0.25, 0.3) is 0 Å². The van der Waals surface area contributed by atoms with Crippen LogP contribution in [0, 0.1) is 10.8 Å². The van der Waals surface area contributed by atoms with E-state index in [2.05, 4.69) is 5.32 Å². The number of nitrogens with one attached hydrogen (secondary N) is 1. The van der Waals surface area contributed by atoms with Crippen LogP contribution in [0.5, 0.6) is 0 Å². The molecule has 1 heterocycles. The van der Waals surface area contributed by atoms with Crippen LogP contribution in [-0.4, -0.2) is 65.3 Å². The van der Waals surface area contributed by atoms with Gasteiger partial charge in [-0.25, -0.2) is 0 Å². The van der Waals surface area contributed by atoms with E-state index in [1.165, 1.54) is 6.92 Å². The van der Waals surface area contributed by atoms with Gasteiger partial charge in [-0.15, -0.1) is 0 Å². The smallest absolute Gasteiger partial charge is 0.311 e. The summed E-state index contributed by atoms with van der Waals surface area (Å²) >= 11 is 0. The molecule has 0 unspecified atom stereocenters. The first kappa shape index (κ1) is 23.3. The maximum atomic E-state index is 12.3. The number of aliphatic hydroxyl groups is 2. The van der Waals surface area contributed by atoms with Crippen LogP contribution in [0.1, 0.15) is 48.5 Å². The molecule has 9 heteroatoms. The van der Waals surface area contributed by atoms with Gasteiger partial charge in [-0.2, -0.15) is 0 Å². The van der Waals surface area contributed by atoms with Crippen molar-refractivity contribution in [2.45, 2.75) is 79.1 Å². The molecule has 9 nitrogen and oxygen atoms in total. The monoisotopic (exact) mass is 389 g/mol. The Bertz CT molecular complexity index is 563. The molecule has 0 aliphatic carbocycles. The predicted molar refractivity (Wildman–Crippen MR) is 94.2 cm³/mol. The Balaban J connectivity index is 3.01. The van der Waals surface area contributed by atoms with Gasteiger partial charge in [-0.3, -0.25) is 14.4 Å². The highest BCUT2D eigenvalue weighted by Crippen LogP contribution is 2.27. The van der Waals surface area contributed by atoms with Gasteiger partial charge in [0.1, 0.15) is 24.9 Å². The lowest BCUT2D eigenvalue weighted by molar-refractivity contribution is -0.263. The number of aliphatic hydroxyl groups excluding tert-OH is 2. The van der Waals surface area contributed by atoms with Crippen LogP contribution in [0.4, 0.5) is 0 Å². The van der Waals surface area contributed by atoms with Crippen molar-refractivity contribution in [3.05, 3.63) is 0 Å². The topological polar surface area (TPSA) is 131 Å². The third-order valence-electron chi connectivity index (χ3n) is 3.91. The average molecular weight is 389 g/mol. The van der Waals surface area contributed by atoms with E-state index in [0.29, 0.717) is 0 Å². The lowest BCUT2D eigenvalue weighted by Gasteiger charge is -2.42. The maximum absolute atomic E-state index is 12.3. The largest absolute Gasteiger partial charge is 0.462 e. The minimum Gasteiger partial charge on any atom is -0.462 e. The minimum atomic E-state index is -1.56. The molecule has 0 radical (unpaired) electrons. The molecule has 156 valence electrons. The highest BCUT2D eigenvalue weighted by atomic mass is 16.7. The maximum Gasteiger partial charge on any atom is 0.311 e. The number of rotatable bonds is 4. The molecule has 1 fully saturated rings. The van der Waals surface area contributed by atoms with Gasteiger partial charge in [0.05, 0.1) is 10.8 Å². The van der Waals surface area contributed by atoms with E-state index in [0.717, 1.165) is 0 Å². The molecular weight excluding hydrogens is 358 g/mol. The van der Waals surface area contributed by atoms with Gasteiger partial charge in [-0.05, 0) is 41.5 Å². The molecule has 27 heavy (non-hydrogen) atoms. The van der Waals surface area contributed by atoms with E-state index < -0.39 is 59.3 Å². The predicted octanol–water partition coefficient (Wildman–Crippen LogP) is 0.116. The molecule has 1 aliphatic rings. The molecule has 0 saturated carbocycles. The van der Waals surface area contributed by atoms with Crippen LogP contribution >= 0.6 is 0 Å². The highest BCUT2D eigenvalue weighted by molar-refractivity contribution is 5.76. The molecular formula is C18H31NO8. The number of carbonyl (C=O) groups is 3. The van der Waals surface area contributed by atoms with Crippen molar-refractivity contribution in [3.8, 4) is 0 Å². The van der Waals surface area contributed by atoms with E-state index in [-0.39, 0.29) is 6.61 Å². The first-order chi connectivity index (χ1) is 12.1. The van der Waals surface area contributed by atoms with Crippen LogP contribution in [0.3, 0.4) is 0 Å². The van der Waals surface area contributed by atoms with E-state index in [4.69, 9.17) is 14.2 Å². The quantitative estimate of drug-likeness (QED) is 0.578. The fraction of sp³-hybridized carbons (Fsp3) is 0.833. The molecule has 5 atom stereocenters. The second-order valence-corrected chi connectivity index (χ2v) is 8.75. The summed E-state index contributed by atoms with van der Waals surface area (Å²) in [4.78, 5) is 35.6. The fourth-order valence-corrected chi connectivity index (χ4v) is 2.28. The van der Waals surface area contributed by atoms with Gasteiger partial charge in [0, 0.05) is 6.92 Å². The van der Waals surface area contributed by atoms with Gasteiger partial charge < -0.3 is 29.7 Å². The number of esters is 2. The molecule has 0 spiro atoms. The second kappa shape index (κ2) is 8.53. The van der Waals surface area contributed by atoms with Gasteiger partial charge in [0.2, 0.25) is 5.91 Å². The number of amides is 1. The zero-order chi connectivity index (χ0) is 21.2. The number of carbonyl (C=O) groups excluding carboxylic acids is 3. The van der Waals surface area contributed by atoms with Crippen LogP contribution in [-0.2, 0) is 28.6 Å². The Morgan fingerprint density at radius 3 is 1.96 bits per heavy atom. The van der Waals surface area contributed by atoms with Crippen molar-refractivity contribution in [1.29, 1.82) is 0 Å². The zero-order valence-electron chi connectivity index (χ0n) is 16.9. The Labute approximate surface area is 159 Å². The zero-order valence-corrected chi connectivity index (χ0v) is 16.9. The summed E-state index contributed by atoms with van der Waals surface area (Å²) in [5, 5.41) is 23.1. The normalized spacial score (nSPS) is 29.0. The molecule has 3 N–H and O–H groups in total. The fourth-order valence-electron chi connectivity index (χ4n) is 2.28. The molecule has 1 rings (SSSR count). The van der Waals surface area contributed by atoms with Crippen molar-refractivity contribution in [2.24, 2.45) is 10.8 Å². The van der Waals surface area contributed by atoms with E-state index >= 15 is 0 Å². The molecule has 0 aromatic rings. The van der Waals surface area contributed by atoms with Crippen molar-refractivity contribution < 1.29 is 38.8 Å². The summed E-state index contributed by atoms with van der Waals surface area (Å²) in [5.74, 6) is -1.62. The third-order valence-corrected chi connectivity index (χ3v) is 3.91. The lowest BCUT2D eigenvalue weighted by atomic mass is 9.94. The number of ether oxygens (including phenoxy) is 3. The standard InChI is InChI=1S/C18H31NO8/c1-9(20)19-11-12(21)13(27-16(24)18(5,6)7)10(26-14(11)22)8-25-15(23)17(2,3)4/h10-14,21-22H,8H2,1-7H3,(H,19,20)/t10-,11-,12-,13-,14-/m1/s1. The van der Waals surface area contributed by atoms with Crippen LogP contribution in [0.15, 0.2) is 0 Å². The second-order valence-electron chi connectivity index (χ2n) is 8.75. The highest BCUT2D eigenvalue weighted by Gasteiger charge is 2.48. The summed E-state index contributed by atoms with van der Waals surface area (Å²) in [5.41, 5.74) is -1.62. The molecule has 0 aromatic heterocycles. The van der Waals surface area contributed by atoms with Crippen LogP contribution in [0.2, 0.25) is 0 Å². The summed E-state index contributed by atoms with van der Waals surface area (Å²) in [7, 11) is 0. The van der Waals surface area contributed by atoms with Gasteiger partial charge in [0.25, 0.3) is 0 Å². The van der Waals surface area contributed by atoms with Crippen molar-refractivity contribution in [2.75, 3.05) is 6.61 Å². The molecule has 0 aromatic carbocycles. The number of hydrogen-bond donors (Lipinski definition) is 3. The molecule has 1 amide bonds. The van der Waals surface area contributed by atoms with Crippen molar-refractivity contribution in [1.82, 2.24) is 5.32 Å². The first-order valence-electron chi connectivity index (χ1n) is 8.81. The summed E-state index contributed by atoms with van der Waals surface area (Å²) in [6, 6.07) is -1.20. The summed E-state index contributed by atoms with van der Waals surface area (Å²) in [6.07, 6.45) is -5.36. The summed E-state index contributed by atoms with van der Waals surface area (Å²) < 4.78 is 16.0. The molecule has 1 saturated heterocycles. The minimum absolute atomic E-state index is 0.334. The van der Waals surface area contributed by atoms with Gasteiger partial charge >= 0.3 is 11.9 Å². The van der Waals surface area contributed by atoms with Crippen molar-refractivity contribution in [3.63, 3.8) is 0 Å². The van der Waals surface area contributed by atoms with Crippen LogP contribution < -0.4 is 5.32 Å². The van der Waals surface area contributed by atoms with E-state index in [9.17, 15) is 24.6 Å². The van der Waals surface area contributed by atoms with Gasteiger partial charge in [0.15, 0.2) is 12.4 Å². The van der Waals surface area contributed by atoms with Crippen molar-refractivity contribution >= 4 is 17.8 Å². The average Bonchev–Trinajstić information content (AvgIpc) is 2.49. The summed E-state index contributed by atoms with van der Waals surface area (Å²) in [6.45, 7) is 10.8. The molecule has 1 aliphatic heterocycles. The number of hydrogen-bond acceptors (Lipinski definition) is 8. The van der Waals surface area contributed by atoms with Gasteiger partial charge in [-0.1, -0.05) is 0 Å². The van der Waals surface area contributed by atoms with E-state index in [1.807, 2.05) is 0 Å². The Morgan fingerprint density at radius 2 is 1.52 bits per heavy atom. The first-order valence-corrected chi connectivity index (χ1v) is 8.81. The SMILES string of the molecule is CC(=O)N[C@@H]1[C@@H](O)[C@H](OC(=O)C(C)(C)C)[C@@H](COC(=O)C(C)(C)C)O[C@H]1O.